The van der Waals surface area contributed by atoms with Crippen molar-refractivity contribution in [3.63, 3.8) is 0 Å². The van der Waals surface area contributed by atoms with Gasteiger partial charge in [0.2, 0.25) is 0 Å². The Labute approximate surface area is 84.3 Å². The highest BCUT2D eigenvalue weighted by atomic mass is 15.0. The van der Waals surface area contributed by atoms with Gasteiger partial charge in [-0.3, -0.25) is 0 Å². The molecule has 1 aromatic rings. The zero-order valence-electron chi connectivity index (χ0n) is 8.03. The van der Waals surface area contributed by atoms with Crippen LogP contribution in [0.3, 0.4) is 0 Å². The highest BCUT2D eigenvalue weighted by molar-refractivity contribution is 5.64. The second kappa shape index (κ2) is 5.83. The maximum atomic E-state index is 5.34. The fraction of sp³-hybridized carbons (Fsp3) is 0.0909. The molecule has 0 spiro atoms. The van der Waals surface area contributed by atoms with Gasteiger partial charge in [0.25, 0.3) is 0 Å². The van der Waals surface area contributed by atoms with Crippen LogP contribution in [0.15, 0.2) is 49.3 Å². The Morgan fingerprint density at radius 2 is 2.07 bits per heavy atom. The molecule has 0 radical (unpaired) electrons. The van der Waals surface area contributed by atoms with Crippen molar-refractivity contribution < 1.29 is 0 Å². The van der Waals surface area contributed by atoms with Crippen molar-refractivity contribution in [3.05, 3.63) is 54.9 Å². The van der Waals surface area contributed by atoms with Gasteiger partial charge >= 0.3 is 0 Å². The Morgan fingerprint density at radius 3 is 2.64 bits per heavy atom. The van der Waals surface area contributed by atoms with E-state index in [-0.39, 0.29) is 0 Å². The summed E-state index contributed by atoms with van der Waals surface area (Å²) in [6.07, 6.45) is 3.47. The van der Waals surface area contributed by atoms with E-state index in [4.69, 9.17) is 5.73 Å². The van der Waals surface area contributed by atoms with Crippen molar-refractivity contribution in [2.75, 3.05) is 6.67 Å². The summed E-state index contributed by atoms with van der Waals surface area (Å²) in [6.45, 7) is 4.03. The molecule has 1 aromatic carbocycles. The molecule has 0 saturated carbocycles. The lowest BCUT2D eigenvalue weighted by Gasteiger charge is -2.07. The van der Waals surface area contributed by atoms with Crippen LogP contribution in [-0.4, -0.2) is 6.67 Å². The third-order valence-electron chi connectivity index (χ3n) is 1.71. The molecule has 3 nitrogen and oxygen atoms in total. The predicted octanol–water partition coefficient (Wildman–Crippen LogP) is 1.22. The second-order valence-corrected chi connectivity index (χ2v) is 2.68. The highest BCUT2D eigenvalue weighted by Crippen LogP contribution is 2.09. The maximum absolute atomic E-state index is 5.34. The summed E-state index contributed by atoms with van der Waals surface area (Å²) in [5.41, 5.74) is 7.38. The Hall–Kier alpha value is -1.74. The molecule has 0 aromatic heterocycles. The molecular weight excluding hydrogens is 174 g/mol. The number of hydrogen-bond donors (Lipinski definition) is 3. The summed E-state index contributed by atoms with van der Waals surface area (Å²) in [4.78, 5) is 0. The zero-order chi connectivity index (χ0) is 10.2. The Balaban J connectivity index is 2.82. The molecule has 4 N–H and O–H groups in total. The van der Waals surface area contributed by atoms with Crippen LogP contribution < -0.4 is 16.4 Å². The summed E-state index contributed by atoms with van der Waals surface area (Å²) >= 11 is 0. The molecule has 14 heavy (non-hydrogen) atoms. The van der Waals surface area contributed by atoms with Crippen molar-refractivity contribution in [3.8, 4) is 0 Å². The van der Waals surface area contributed by atoms with Gasteiger partial charge < -0.3 is 16.4 Å². The first-order valence-corrected chi connectivity index (χ1v) is 4.45. The van der Waals surface area contributed by atoms with E-state index in [9.17, 15) is 0 Å². The fourth-order valence-corrected chi connectivity index (χ4v) is 1.10. The average Bonchev–Trinajstić information content (AvgIpc) is 2.25. The first kappa shape index (κ1) is 10.3. The molecule has 0 fully saturated rings. The first-order chi connectivity index (χ1) is 6.88. The lowest BCUT2D eigenvalue weighted by Crippen LogP contribution is -2.18. The van der Waals surface area contributed by atoms with Crippen LogP contribution in [-0.2, 0) is 0 Å². The molecule has 0 aliphatic rings. The molecule has 3 heteroatoms. The van der Waals surface area contributed by atoms with Gasteiger partial charge in [0, 0.05) is 6.20 Å². The molecule has 0 saturated heterocycles. The van der Waals surface area contributed by atoms with Crippen molar-refractivity contribution in [2.24, 2.45) is 5.73 Å². The normalized spacial score (nSPS) is 10.8. The van der Waals surface area contributed by atoms with E-state index in [0.29, 0.717) is 6.67 Å². The lowest BCUT2D eigenvalue weighted by atomic mass is 10.2. The largest absolute Gasteiger partial charge is 0.377 e. The molecule has 0 bridgehead atoms. The van der Waals surface area contributed by atoms with E-state index in [1.165, 1.54) is 0 Å². The van der Waals surface area contributed by atoms with Gasteiger partial charge in [-0.1, -0.05) is 36.9 Å². The lowest BCUT2D eigenvalue weighted by molar-refractivity contribution is 0.880. The van der Waals surface area contributed by atoms with Gasteiger partial charge in [-0.2, -0.15) is 0 Å². The minimum absolute atomic E-state index is 0.412. The smallest absolute Gasteiger partial charge is 0.0623 e. The van der Waals surface area contributed by atoms with E-state index in [1.54, 1.807) is 6.20 Å². The van der Waals surface area contributed by atoms with Crippen molar-refractivity contribution >= 4 is 5.70 Å². The van der Waals surface area contributed by atoms with Gasteiger partial charge in [-0.15, -0.1) is 0 Å². The molecular formula is C11H15N3. The third-order valence-corrected chi connectivity index (χ3v) is 1.71. The minimum atomic E-state index is 0.412. The maximum Gasteiger partial charge on any atom is 0.0623 e. The van der Waals surface area contributed by atoms with Crippen LogP contribution in [0.4, 0.5) is 0 Å². The minimum Gasteiger partial charge on any atom is -0.377 e. The average molecular weight is 189 g/mol. The molecule has 74 valence electrons. The fourth-order valence-electron chi connectivity index (χ4n) is 1.10. The summed E-state index contributed by atoms with van der Waals surface area (Å²) in [5, 5.41) is 5.98. The van der Waals surface area contributed by atoms with Gasteiger partial charge in [0.15, 0.2) is 0 Å². The highest BCUT2D eigenvalue weighted by Gasteiger charge is 1.96. The topological polar surface area (TPSA) is 50.1 Å². The first-order valence-electron chi connectivity index (χ1n) is 4.45. The summed E-state index contributed by atoms with van der Waals surface area (Å²) < 4.78 is 0. The molecule has 0 amide bonds. The van der Waals surface area contributed by atoms with Crippen LogP contribution in [0.5, 0.6) is 0 Å². The molecule has 0 unspecified atom stereocenters. The van der Waals surface area contributed by atoms with Gasteiger partial charge in [-0.25, -0.2) is 0 Å². The number of nitrogens with two attached hydrogens (primary N) is 1. The summed E-state index contributed by atoms with van der Waals surface area (Å²) in [7, 11) is 0. The van der Waals surface area contributed by atoms with E-state index in [0.717, 1.165) is 11.3 Å². The van der Waals surface area contributed by atoms with E-state index in [1.807, 2.05) is 36.5 Å². The van der Waals surface area contributed by atoms with Crippen molar-refractivity contribution in [1.82, 2.24) is 10.6 Å². The molecule has 0 atom stereocenters. The van der Waals surface area contributed by atoms with Crippen LogP contribution in [0, 0.1) is 0 Å². The summed E-state index contributed by atoms with van der Waals surface area (Å²) in [5.74, 6) is 0. The van der Waals surface area contributed by atoms with E-state index >= 15 is 0 Å². The van der Waals surface area contributed by atoms with Gasteiger partial charge in [0.05, 0.1) is 12.4 Å². The van der Waals surface area contributed by atoms with E-state index in [2.05, 4.69) is 17.2 Å². The number of benzene rings is 1. The van der Waals surface area contributed by atoms with Crippen LogP contribution in [0.25, 0.3) is 5.70 Å². The Morgan fingerprint density at radius 1 is 1.36 bits per heavy atom. The quantitative estimate of drug-likeness (QED) is 0.610. The molecule has 1 rings (SSSR count). The zero-order valence-corrected chi connectivity index (χ0v) is 8.03. The van der Waals surface area contributed by atoms with Crippen molar-refractivity contribution in [1.29, 1.82) is 0 Å². The third kappa shape index (κ3) is 2.95. The SMILES string of the molecule is C=CN/C(=C\NCN)c1ccccc1. The standard InChI is InChI=1S/C11H15N3/c1-2-14-11(8-13-9-12)10-6-4-3-5-7-10/h2-8,13-14H,1,9,12H2/b11-8-. The van der Waals surface area contributed by atoms with Crippen LogP contribution in [0.1, 0.15) is 5.56 Å². The molecule has 0 heterocycles. The number of hydrogen-bond acceptors (Lipinski definition) is 3. The van der Waals surface area contributed by atoms with Crippen LogP contribution >= 0.6 is 0 Å². The van der Waals surface area contributed by atoms with Gasteiger partial charge in [0.1, 0.15) is 0 Å². The number of rotatable bonds is 5. The van der Waals surface area contributed by atoms with E-state index < -0.39 is 0 Å². The van der Waals surface area contributed by atoms with Gasteiger partial charge in [-0.05, 0) is 11.8 Å². The Kier molecular flexibility index (Phi) is 4.31. The second-order valence-electron chi connectivity index (χ2n) is 2.68. The predicted molar refractivity (Wildman–Crippen MR) is 59.9 cm³/mol. The van der Waals surface area contributed by atoms with Crippen LogP contribution in [0.2, 0.25) is 0 Å². The van der Waals surface area contributed by atoms with Crippen molar-refractivity contribution in [2.45, 2.75) is 0 Å². The molecule has 0 aliphatic carbocycles. The molecule has 0 aliphatic heterocycles. The summed E-state index contributed by atoms with van der Waals surface area (Å²) in [6, 6.07) is 9.97. The number of nitrogens with one attached hydrogen (secondary N) is 2. The Bertz CT molecular complexity index is 304. The monoisotopic (exact) mass is 189 g/mol.